The molecule has 196 valence electrons. The van der Waals surface area contributed by atoms with Gasteiger partial charge in [-0.1, -0.05) is 37.3 Å². The van der Waals surface area contributed by atoms with Crippen molar-refractivity contribution in [2.45, 2.75) is 37.6 Å². The standard InChI is InChI=1S/C27H29N7O3S/c1-18-16-27(2,3)33(17-18)25-20(26(35)32-38(36,37)22-10-7-14-29-24(22)28)11-12-23(30-25)34-15-13-21(31-34)19-8-5-4-6-9-19/h4-15,18H,16-17H2,1-3H3,(H2,28,29)(H,32,35)/t18-/m0/s1. The van der Waals surface area contributed by atoms with Gasteiger partial charge in [0, 0.05) is 30.0 Å². The molecular weight excluding hydrogens is 502 g/mol. The third kappa shape index (κ3) is 4.84. The molecule has 4 aromatic rings. The fourth-order valence-corrected chi connectivity index (χ4v) is 6.03. The van der Waals surface area contributed by atoms with Gasteiger partial charge >= 0.3 is 0 Å². The van der Waals surface area contributed by atoms with Crippen molar-refractivity contribution in [3.05, 3.63) is 78.6 Å². The average molecular weight is 532 g/mol. The fraction of sp³-hybridized carbons (Fsp3) is 0.259. The first-order chi connectivity index (χ1) is 18.0. The molecule has 1 aliphatic rings. The van der Waals surface area contributed by atoms with E-state index in [0.29, 0.717) is 24.1 Å². The van der Waals surface area contributed by atoms with Crippen LogP contribution in [0.3, 0.4) is 0 Å². The highest BCUT2D eigenvalue weighted by Crippen LogP contribution is 2.38. The number of carbonyl (C=O) groups is 1. The number of aromatic nitrogens is 4. The third-order valence-electron chi connectivity index (χ3n) is 6.64. The molecule has 5 rings (SSSR count). The number of nitrogens with zero attached hydrogens (tertiary/aromatic N) is 5. The topological polar surface area (TPSA) is 136 Å². The minimum Gasteiger partial charge on any atom is -0.383 e. The summed E-state index contributed by atoms with van der Waals surface area (Å²) in [5.41, 5.74) is 7.35. The summed E-state index contributed by atoms with van der Waals surface area (Å²) in [7, 11) is -4.26. The molecule has 38 heavy (non-hydrogen) atoms. The molecule has 0 saturated carbocycles. The van der Waals surface area contributed by atoms with E-state index in [1.54, 1.807) is 16.8 Å². The molecule has 1 amide bonds. The van der Waals surface area contributed by atoms with E-state index in [-0.39, 0.29) is 21.8 Å². The summed E-state index contributed by atoms with van der Waals surface area (Å²) in [6.45, 7) is 6.98. The second-order valence-electron chi connectivity index (χ2n) is 10.1. The molecule has 11 heteroatoms. The van der Waals surface area contributed by atoms with Crippen LogP contribution in [-0.4, -0.2) is 46.2 Å². The van der Waals surface area contributed by atoms with E-state index < -0.39 is 15.9 Å². The van der Waals surface area contributed by atoms with Crippen molar-refractivity contribution in [3.63, 3.8) is 0 Å². The van der Waals surface area contributed by atoms with Gasteiger partial charge in [0.05, 0.1) is 11.3 Å². The lowest BCUT2D eigenvalue weighted by atomic mass is 9.97. The van der Waals surface area contributed by atoms with Crippen LogP contribution >= 0.6 is 0 Å². The summed E-state index contributed by atoms with van der Waals surface area (Å²) >= 11 is 0. The van der Waals surface area contributed by atoms with E-state index in [4.69, 9.17) is 10.7 Å². The van der Waals surface area contributed by atoms with Crippen molar-refractivity contribution < 1.29 is 13.2 Å². The van der Waals surface area contributed by atoms with E-state index in [1.165, 1.54) is 18.3 Å². The van der Waals surface area contributed by atoms with E-state index in [2.05, 4.69) is 40.5 Å². The Labute approximate surface area is 221 Å². The molecule has 1 saturated heterocycles. The molecular formula is C27H29N7O3S. The second-order valence-corrected chi connectivity index (χ2v) is 11.8. The van der Waals surface area contributed by atoms with Crippen molar-refractivity contribution in [1.29, 1.82) is 0 Å². The van der Waals surface area contributed by atoms with Gasteiger partial charge in [-0.15, -0.1) is 0 Å². The second kappa shape index (κ2) is 9.56. The van der Waals surface area contributed by atoms with Gasteiger partial charge < -0.3 is 10.6 Å². The van der Waals surface area contributed by atoms with E-state index in [0.717, 1.165) is 17.7 Å². The molecule has 3 aromatic heterocycles. The normalized spacial score (nSPS) is 16.9. The Morgan fingerprint density at radius 2 is 1.84 bits per heavy atom. The number of nitrogens with two attached hydrogens (primary N) is 1. The Bertz CT molecular complexity index is 1600. The molecule has 1 aromatic carbocycles. The number of hydrogen-bond acceptors (Lipinski definition) is 8. The van der Waals surface area contributed by atoms with Gasteiger partial charge in [-0.3, -0.25) is 4.79 Å². The quantitative estimate of drug-likeness (QED) is 0.385. The molecule has 1 atom stereocenters. The van der Waals surface area contributed by atoms with Gasteiger partial charge in [-0.2, -0.15) is 5.10 Å². The Hall–Kier alpha value is -4.25. The van der Waals surface area contributed by atoms with Gasteiger partial charge in [0.1, 0.15) is 16.5 Å². The Morgan fingerprint density at radius 1 is 1.08 bits per heavy atom. The molecule has 0 aliphatic carbocycles. The number of anilines is 2. The zero-order valence-corrected chi connectivity index (χ0v) is 22.2. The monoisotopic (exact) mass is 531 g/mol. The first-order valence-corrected chi connectivity index (χ1v) is 13.7. The first kappa shape index (κ1) is 25.4. The number of amides is 1. The largest absolute Gasteiger partial charge is 0.383 e. The summed E-state index contributed by atoms with van der Waals surface area (Å²) in [4.78, 5) is 23.9. The number of sulfonamides is 1. The van der Waals surface area contributed by atoms with Crippen molar-refractivity contribution in [2.75, 3.05) is 17.2 Å². The predicted molar refractivity (Wildman–Crippen MR) is 145 cm³/mol. The summed E-state index contributed by atoms with van der Waals surface area (Å²) in [5.74, 6) is 0.264. The van der Waals surface area contributed by atoms with Gasteiger partial charge in [0.15, 0.2) is 5.82 Å². The van der Waals surface area contributed by atoms with Crippen LogP contribution in [0, 0.1) is 5.92 Å². The van der Waals surface area contributed by atoms with Crippen LogP contribution in [0.25, 0.3) is 17.1 Å². The summed E-state index contributed by atoms with van der Waals surface area (Å²) in [6.07, 6.45) is 4.08. The van der Waals surface area contributed by atoms with Crippen LogP contribution < -0.4 is 15.4 Å². The smallest absolute Gasteiger partial charge is 0.268 e. The Morgan fingerprint density at radius 3 is 2.53 bits per heavy atom. The van der Waals surface area contributed by atoms with Crippen LogP contribution in [-0.2, 0) is 10.0 Å². The molecule has 0 radical (unpaired) electrons. The maximum absolute atomic E-state index is 13.4. The van der Waals surface area contributed by atoms with E-state index in [1.807, 2.05) is 42.6 Å². The number of benzene rings is 1. The van der Waals surface area contributed by atoms with Gasteiger partial charge in [-0.25, -0.2) is 27.8 Å². The number of hydrogen-bond donors (Lipinski definition) is 2. The van der Waals surface area contributed by atoms with Crippen LogP contribution in [0.15, 0.2) is 78.0 Å². The number of carbonyl (C=O) groups excluding carboxylic acids is 1. The Balaban J connectivity index is 1.55. The van der Waals surface area contributed by atoms with Gasteiger partial charge in [0.2, 0.25) is 0 Å². The molecule has 1 aliphatic heterocycles. The number of pyridine rings is 2. The predicted octanol–water partition coefficient (Wildman–Crippen LogP) is 3.66. The lowest BCUT2D eigenvalue weighted by Crippen LogP contribution is -2.41. The summed E-state index contributed by atoms with van der Waals surface area (Å²) < 4.78 is 29.7. The maximum atomic E-state index is 13.4. The zero-order valence-electron chi connectivity index (χ0n) is 21.4. The van der Waals surface area contributed by atoms with Crippen LogP contribution in [0.1, 0.15) is 37.6 Å². The number of nitrogens with one attached hydrogen (secondary N) is 1. The zero-order chi connectivity index (χ0) is 27.1. The number of nitrogen functional groups attached to an aromatic ring is 1. The van der Waals surface area contributed by atoms with Crippen molar-refractivity contribution in [2.24, 2.45) is 5.92 Å². The molecule has 0 spiro atoms. The maximum Gasteiger partial charge on any atom is 0.268 e. The SMILES string of the molecule is C[C@@H]1CN(c2nc(-n3ccc(-c4ccccc4)n3)ccc2C(=O)NS(=O)(=O)c2cccnc2N)C(C)(C)C1. The lowest BCUT2D eigenvalue weighted by molar-refractivity contribution is 0.0981. The van der Waals surface area contributed by atoms with Crippen LogP contribution in [0.2, 0.25) is 0 Å². The third-order valence-corrected chi connectivity index (χ3v) is 8.02. The number of rotatable bonds is 6. The minimum atomic E-state index is -4.26. The highest BCUT2D eigenvalue weighted by molar-refractivity contribution is 7.90. The summed E-state index contributed by atoms with van der Waals surface area (Å²) in [6, 6.07) is 17.7. The van der Waals surface area contributed by atoms with Gasteiger partial charge in [-0.05, 0) is 56.5 Å². The van der Waals surface area contributed by atoms with Crippen molar-refractivity contribution in [3.8, 4) is 17.1 Å². The molecule has 4 heterocycles. The highest BCUT2D eigenvalue weighted by Gasteiger charge is 2.39. The molecule has 1 fully saturated rings. The van der Waals surface area contributed by atoms with E-state index in [9.17, 15) is 13.2 Å². The fourth-order valence-electron chi connectivity index (χ4n) is 4.98. The van der Waals surface area contributed by atoms with Gasteiger partial charge in [0.25, 0.3) is 15.9 Å². The molecule has 3 N–H and O–H groups in total. The van der Waals surface area contributed by atoms with E-state index >= 15 is 0 Å². The Kier molecular flexibility index (Phi) is 6.39. The van der Waals surface area contributed by atoms with Crippen molar-refractivity contribution >= 4 is 27.6 Å². The lowest BCUT2D eigenvalue weighted by Gasteiger charge is -2.34. The van der Waals surface area contributed by atoms with Crippen LogP contribution in [0.4, 0.5) is 11.6 Å². The van der Waals surface area contributed by atoms with Crippen LogP contribution in [0.5, 0.6) is 0 Å². The van der Waals surface area contributed by atoms with Crippen molar-refractivity contribution in [1.82, 2.24) is 24.5 Å². The average Bonchev–Trinajstić information content (AvgIpc) is 3.47. The first-order valence-electron chi connectivity index (χ1n) is 12.2. The molecule has 10 nitrogen and oxygen atoms in total. The molecule has 0 unspecified atom stereocenters. The minimum absolute atomic E-state index is 0.136. The summed E-state index contributed by atoms with van der Waals surface area (Å²) in [5, 5.41) is 4.67. The molecule has 0 bridgehead atoms. The highest BCUT2D eigenvalue weighted by atomic mass is 32.2.